The van der Waals surface area contributed by atoms with Gasteiger partial charge in [0.05, 0.1) is 0 Å². The zero-order valence-corrected chi connectivity index (χ0v) is 8.27. The summed E-state index contributed by atoms with van der Waals surface area (Å²) in [5, 5.41) is 12.0. The first-order chi connectivity index (χ1) is 5.67. The van der Waals surface area contributed by atoms with Gasteiger partial charge in [0.25, 0.3) is 0 Å². The van der Waals surface area contributed by atoms with E-state index >= 15 is 0 Å². The zero-order valence-electron chi connectivity index (χ0n) is 8.27. The number of rotatable bonds is 6. The Hall–Kier alpha value is -0.0800. The van der Waals surface area contributed by atoms with E-state index < -0.39 is 0 Å². The summed E-state index contributed by atoms with van der Waals surface area (Å²) in [5.41, 5.74) is 0.601. The molecule has 0 aromatic carbocycles. The van der Waals surface area contributed by atoms with Crippen molar-refractivity contribution in [2.45, 2.75) is 33.1 Å². The van der Waals surface area contributed by atoms with Crippen molar-refractivity contribution >= 4 is 0 Å². The van der Waals surface area contributed by atoms with Crippen LogP contribution in [0.3, 0.4) is 0 Å². The molecule has 0 heterocycles. The van der Waals surface area contributed by atoms with Crippen molar-refractivity contribution in [2.24, 2.45) is 11.3 Å². The summed E-state index contributed by atoms with van der Waals surface area (Å²) < 4.78 is 0. The Labute approximate surface area is 75.4 Å². The highest BCUT2D eigenvalue weighted by molar-refractivity contribution is 4.95. The zero-order chi connectivity index (χ0) is 9.03. The Balaban J connectivity index is 1.85. The summed E-state index contributed by atoms with van der Waals surface area (Å²) >= 11 is 0. The minimum Gasteiger partial charge on any atom is -0.396 e. The quantitative estimate of drug-likeness (QED) is 0.592. The Morgan fingerprint density at radius 1 is 1.42 bits per heavy atom. The molecule has 1 atom stereocenters. The standard InChI is InChI=1S/C10H21NO/c1-10(2)7-9(10)8-11-5-3-4-6-12/h9,11-12H,3-8H2,1-2H3. The molecule has 0 aromatic rings. The molecule has 1 aliphatic carbocycles. The minimum absolute atomic E-state index is 0.330. The van der Waals surface area contributed by atoms with Gasteiger partial charge < -0.3 is 10.4 Å². The first-order valence-electron chi connectivity index (χ1n) is 4.98. The van der Waals surface area contributed by atoms with Gasteiger partial charge in [-0.3, -0.25) is 0 Å². The molecule has 0 aliphatic heterocycles. The van der Waals surface area contributed by atoms with Crippen molar-refractivity contribution in [2.75, 3.05) is 19.7 Å². The second-order valence-electron chi connectivity index (χ2n) is 4.52. The van der Waals surface area contributed by atoms with Crippen LogP contribution in [-0.2, 0) is 0 Å². The lowest BCUT2D eigenvalue weighted by Gasteiger charge is -2.05. The van der Waals surface area contributed by atoms with Crippen molar-refractivity contribution in [3.8, 4) is 0 Å². The molecular weight excluding hydrogens is 150 g/mol. The number of hydrogen-bond acceptors (Lipinski definition) is 2. The van der Waals surface area contributed by atoms with Crippen LogP contribution >= 0.6 is 0 Å². The van der Waals surface area contributed by atoms with E-state index in [4.69, 9.17) is 5.11 Å². The van der Waals surface area contributed by atoms with Crippen LogP contribution in [0.25, 0.3) is 0 Å². The van der Waals surface area contributed by atoms with Crippen molar-refractivity contribution in [1.29, 1.82) is 0 Å². The van der Waals surface area contributed by atoms with Gasteiger partial charge in [0.15, 0.2) is 0 Å². The van der Waals surface area contributed by atoms with Gasteiger partial charge in [0.1, 0.15) is 0 Å². The van der Waals surface area contributed by atoms with Crippen LogP contribution in [0.2, 0.25) is 0 Å². The van der Waals surface area contributed by atoms with Gasteiger partial charge in [-0.15, -0.1) is 0 Å². The second-order valence-corrected chi connectivity index (χ2v) is 4.52. The van der Waals surface area contributed by atoms with E-state index in [1.165, 1.54) is 13.0 Å². The fourth-order valence-electron chi connectivity index (χ4n) is 1.56. The molecule has 1 aliphatic rings. The Morgan fingerprint density at radius 2 is 2.08 bits per heavy atom. The van der Waals surface area contributed by atoms with Crippen LogP contribution in [0.15, 0.2) is 0 Å². The van der Waals surface area contributed by atoms with Crippen molar-refractivity contribution in [1.82, 2.24) is 5.32 Å². The largest absolute Gasteiger partial charge is 0.396 e. The fourth-order valence-corrected chi connectivity index (χ4v) is 1.56. The third-order valence-corrected chi connectivity index (χ3v) is 2.87. The van der Waals surface area contributed by atoms with Crippen molar-refractivity contribution in [3.05, 3.63) is 0 Å². The van der Waals surface area contributed by atoms with Crippen molar-refractivity contribution < 1.29 is 5.11 Å². The van der Waals surface area contributed by atoms with Crippen LogP contribution in [0, 0.1) is 11.3 Å². The van der Waals surface area contributed by atoms with Crippen LogP contribution in [0.5, 0.6) is 0 Å². The summed E-state index contributed by atoms with van der Waals surface area (Å²) in [4.78, 5) is 0. The maximum atomic E-state index is 8.54. The molecule has 72 valence electrons. The van der Waals surface area contributed by atoms with E-state index in [9.17, 15) is 0 Å². The maximum Gasteiger partial charge on any atom is 0.0431 e. The summed E-state index contributed by atoms with van der Waals surface area (Å²) in [5.74, 6) is 0.895. The summed E-state index contributed by atoms with van der Waals surface area (Å²) in [6.07, 6.45) is 3.41. The average molecular weight is 171 g/mol. The maximum absolute atomic E-state index is 8.54. The predicted octanol–water partition coefficient (Wildman–Crippen LogP) is 1.39. The lowest BCUT2D eigenvalue weighted by molar-refractivity contribution is 0.283. The molecule has 12 heavy (non-hydrogen) atoms. The van der Waals surface area contributed by atoms with E-state index in [0.717, 1.165) is 25.3 Å². The Bertz CT molecular complexity index is 134. The SMILES string of the molecule is CC1(C)CC1CNCCCCO. The third kappa shape index (κ3) is 3.11. The Kier molecular flexibility index (Phi) is 3.53. The summed E-state index contributed by atoms with van der Waals surface area (Å²) in [6.45, 7) is 7.21. The summed E-state index contributed by atoms with van der Waals surface area (Å²) in [7, 11) is 0. The molecule has 0 saturated heterocycles. The van der Waals surface area contributed by atoms with Gasteiger partial charge in [-0.05, 0) is 43.7 Å². The normalized spacial score (nSPS) is 25.8. The molecule has 1 unspecified atom stereocenters. The van der Waals surface area contributed by atoms with Gasteiger partial charge in [-0.25, -0.2) is 0 Å². The van der Waals surface area contributed by atoms with Gasteiger partial charge in [0.2, 0.25) is 0 Å². The minimum atomic E-state index is 0.330. The van der Waals surface area contributed by atoms with E-state index in [-0.39, 0.29) is 0 Å². The fraction of sp³-hybridized carbons (Fsp3) is 1.00. The van der Waals surface area contributed by atoms with Gasteiger partial charge in [-0.2, -0.15) is 0 Å². The molecule has 1 saturated carbocycles. The molecule has 0 bridgehead atoms. The molecule has 0 radical (unpaired) electrons. The molecule has 0 spiro atoms. The molecule has 1 fully saturated rings. The lowest BCUT2D eigenvalue weighted by Crippen LogP contribution is -2.19. The predicted molar refractivity (Wildman–Crippen MR) is 51.1 cm³/mol. The molecule has 1 rings (SSSR count). The molecular formula is C10H21NO. The van der Waals surface area contributed by atoms with E-state index in [1.54, 1.807) is 0 Å². The van der Waals surface area contributed by atoms with Crippen molar-refractivity contribution in [3.63, 3.8) is 0 Å². The summed E-state index contributed by atoms with van der Waals surface area (Å²) in [6, 6.07) is 0. The van der Waals surface area contributed by atoms with Crippen LogP contribution in [0.1, 0.15) is 33.1 Å². The highest BCUT2D eigenvalue weighted by atomic mass is 16.2. The van der Waals surface area contributed by atoms with Crippen LogP contribution in [-0.4, -0.2) is 24.8 Å². The monoisotopic (exact) mass is 171 g/mol. The van der Waals surface area contributed by atoms with Gasteiger partial charge >= 0.3 is 0 Å². The first-order valence-corrected chi connectivity index (χ1v) is 4.98. The third-order valence-electron chi connectivity index (χ3n) is 2.87. The number of unbranched alkanes of at least 4 members (excludes halogenated alkanes) is 1. The van der Waals surface area contributed by atoms with Crippen LogP contribution in [0.4, 0.5) is 0 Å². The molecule has 2 heteroatoms. The molecule has 0 amide bonds. The first kappa shape index (κ1) is 10.0. The molecule has 2 N–H and O–H groups in total. The number of hydrogen-bond donors (Lipinski definition) is 2. The molecule has 0 aromatic heterocycles. The number of nitrogens with one attached hydrogen (secondary N) is 1. The lowest BCUT2D eigenvalue weighted by atomic mass is 10.1. The van der Waals surface area contributed by atoms with E-state index in [2.05, 4.69) is 19.2 Å². The number of aliphatic hydroxyl groups excluding tert-OH is 1. The highest BCUT2D eigenvalue weighted by Gasteiger charge is 2.44. The topological polar surface area (TPSA) is 32.3 Å². The van der Waals surface area contributed by atoms with Gasteiger partial charge in [-0.1, -0.05) is 13.8 Å². The van der Waals surface area contributed by atoms with E-state index in [1.807, 2.05) is 0 Å². The van der Waals surface area contributed by atoms with E-state index in [0.29, 0.717) is 12.0 Å². The second kappa shape index (κ2) is 4.24. The highest BCUT2D eigenvalue weighted by Crippen LogP contribution is 2.50. The Morgan fingerprint density at radius 3 is 2.58 bits per heavy atom. The number of aliphatic hydroxyl groups is 1. The van der Waals surface area contributed by atoms with Crippen LogP contribution < -0.4 is 5.32 Å². The van der Waals surface area contributed by atoms with Gasteiger partial charge in [0, 0.05) is 6.61 Å². The smallest absolute Gasteiger partial charge is 0.0431 e. The molecule has 2 nitrogen and oxygen atoms in total. The average Bonchev–Trinajstić information content (AvgIpc) is 2.59.